The molecular formula is C13H16F2O2. The number of benzene rings is 1. The molecule has 0 N–H and O–H groups in total. The molecule has 94 valence electrons. The van der Waals surface area contributed by atoms with E-state index in [9.17, 15) is 8.78 Å². The minimum absolute atomic E-state index is 0.132. The van der Waals surface area contributed by atoms with Crippen molar-refractivity contribution in [2.45, 2.75) is 20.0 Å². The van der Waals surface area contributed by atoms with Gasteiger partial charge in [0.25, 0.3) is 6.43 Å². The molecule has 0 unspecified atom stereocenters. The van der Waals surface area contributed by atoms with Crippen LogP contribution in [0.5, 0.6) is 0 Å². The second-order valence-corrected chi connectivity index (χ2v) is 3.42. The van der Waals surface area contributed by atoms with E-state index in [4.69, 9.17) is 9.47 Å². The molecule has 1 aromatic carbocycles. The van der Waals surface area contributed by atoms with Gasteiger partial charge in [0.1, 0.15) is 12.4 Å². The number of ether oxygens (including phenoxy) is 2. The summed E-state index contributed by atoms with van der Waals surface area (Å²) >= 11 is 0. The van der Waals surface area contributed by atoms with E-state index in [2.05, 4.69) is 6.58 Å². The molecule has 1 aromatic rings. The van der Waals surface area contributed by atoms with Gasteiger partial charge < -0.3 is 9.47 Å². The third-order valence-corrected chi connectivity index (χ3v) is 2.14. The molecule has 0 radical (unpaired) electrons. The van der Waals surface area contributed by atoms with Crippen molar-refractivity contribution >= 4 is 5.76 Å². The first kappa shape index (κ1) is 13.6. The lowest BCUT2D eigenvalue weighted by Gasteiger charge is -2.12. The molecule has 0 aromatic heterocycles. The molecule has 0 aliphatic heterocycles. The topological polar surface area (TPSA) is 18.5 Å². The van der Waals surface area contributed by atoms with Crippen LogP contribution in [0, 0.1) is 0 Å². The Bertz CT molecular complexity index is 364. The van der Waals surface area contributed by atoms with Crippen LogP contribution in [0.4, 0.5) is 8.78 Å². The summed E-state index contributed by atoms with van der Waals surface area (Å²) in [4.78, 5) is 0. The molecule has 0 saturated heterocycles. The number of hydrogen-bond donors (Lipinski definition) is 0. The predicted molar refractivity (Wildman–Crippen MR) is 62.8 cm³/mol. The van der Waals surface area contributed by atoms with Gasteiger partial charge in [-0.1, -0.05) is 30.8 Å². The van der Waals surface area contributed by atoms with Gasteiger partial charge in [0.2, 0.25) is 0 Å². The maximum atomic E-state index is 12.0. The zero-order chi connectivity index (χ0) is 12.7. The SMILES string of the molecule is C=C(OCC)c1ccccc1COCC(F)F. The highest BCUT2D eigenvalue weighted by Gasteiger charge is 2.08. The Morgan fingerprint density at radius 1 is 1.35 bits per heavy atom. The Labute approximate surface area is 99.9 Å². The van der Waals surface area contributed by atoms with Crippen LogP contribution in [0.3, 0.4) is 0 Å². The first-order valence-electron chi connectivity index (χ1n) is 5.41. The molecule has 0 fully saturated rings. The van der Waals surface area contributed by atoms with Crippen LogP contribution in [-0.4, -0.2) is 19.6 Å². The van der Waals surface area contributed by atoms with E-state index in [0.717, 1.165) is 11.1 Å². The molecule has 0 heterocycles. The lowest BCUT2D eigenvalue weighted by atomic mass is 10.1. The second-order valence-electron chi connectivity index (χ2n) is 3.42. The number of alkyl halides is 2. The van der Waals surface area contributed by atoms with Gasteiger partial charge in [0.15, 0.2) is 0 Å². The fraction of sp³-hybridized carbons (Fsp3) is 0.385. The molecule has 0 bridgehead atoms. The van der Waals surface area contributed by atoms with E-state index >= 15 is 0 Å². The summed E-state index contributed by atoms with van der Waals surface area (Å²) in [5, 5.41) is 0. The summed E-state index contributed by atoms with van der Waals surface area (Å²) in [5.41, 5.74) is 1.59. The van der Waals surface area contributed by atoms with Crippen molar-refractivity contribution in [3.8, 4) is 0 Å². The van der Waals surface area contributed by atoms with Gasteiger partial charge in [-0.25, -0.2) is 8.78 Å². The maximum Gasteiger partial charge on any atom is 0.261 e. The molecular weight excluding hydrogens is 226 g/mol. The van der Waals surface area contributed by atoms with Crippen LogP contribution < -0.4 is 0 Å². The van der Waals surface area contributed by atoms with Gasteiger partial charge in [0, 0.05) is 5.56 Å². The van der Waals surface area contributed by atoms with Gasteiger partial charge in [0.05, 0.1) is 13.2 Å². The molecule has 4 heteroatoms. The summed E-state index contributed by atoms with van der Waals surface area (Å²) in [6.45, 7) is 5.75. The number of rotatable bonds is 7. The Morgan fingerprint density at radius 2 is 2.06 bits per heavy atom. The molecule has 0 aliphatic carbocycles. The molecule has 0 aliphatic rings. The van der Waals surface area contributed by atoms with Crippen molar-refractivity contribution in [2.75, 3.05) is 13.2 Å². The average Bonchev–Trinajstić information content (AvgIpc) is 2.29. The van der Waals surface area contributed by atoms with Crippen LogP contribution in [-0.2, 0) is 16.1 Å². The van der Waals surface area contributed by atoms with Crippen molar-refractivity contribution in [3.05, 3.63) is 42.0 Å². The van der Waals surface area contributed by atoms with Crippen LogP contribution in [0.15, 0.2) is 30.8 Å². The zero-order valence-electron chi connectivity index (χ0n) is 9.79. The van der Waals surface area contributed by atoms with E-state index in [1.54, 1.807) is 0 Å². The summed E-state index contributed by atoms with van der Waals surface area (Å²) in [5.74, 6) is 0.531. The van der Waals surface area contributed by atoms with Crippen molar-refractivity contribution in [3.63, 3.8) is 0 Å². The molecule has 17 heavy (non-hydrogen) atoms. The standard InChI is InChI=1S/C13H16F2O2/c1-3-17-10(2)12-7-5-4-6-11(12)8-16-9-13(14)15/h4-7,13H,2-3,8-9H2,1H3. The summed E-state index contributed by atoms with van der Waals surface area (Å²) in [6.07, 6.45) is -2.45. The van der Waals surface area contributed by atoms with Crippen molar-refractivity contribution < 1.29 is 18.3 Å². The zero-order valence-corrected chi connectivity index (χ0v) is 9.79. The van der Waals surface area contributed by atoms with Gasteiger partial charge in [-0.05, 0) is 12.5 Å². The van der Waals surface area contributed by atoms with Gasteiger partial charge in [-0.3, -0.25) is 0 Å². The second kappa shape index (κ2) is 7.01. The average molecular weight is 242 g/mol. The highest BCUT2D eigenvalue weighted by molar-refractivity contribution is 5.60. The number of hydrogen-bond acceptors (Lipinski definition) is 2. The van der Waals surface area contributed by atoms with E-state index < -0.39 is 13.0 Å². The fourth-order valence-corrected chi connectivity index (χ4v) is 1.43. The Balaban J connectivity index is 2.67. The van der Waals surface area contributed by atoms with E-state index in [0.29, 0.717) is 12.4 Å². The lowest BCUT2D eigenvalue weighted by Crippen LogP contribution is -2.05. The van der Waals surface area contributed by atoms with Crippen molar-refractivity contribution in [2.24, 2.45) is 0 Å². The predicted octanol–water partition coefficient (Wildman–Crippen LogP) is 3.48. The van der Waals surface area contributed by atoms with Crippen molar-refractivity contribution in [1.82, 2.24) is 0 Å². The number of halogens is 2. The molecule has 0 atom stereocenters. The fourth-order valence-electron chi connectivity index (χ4n) is 1.43. The van der Waals surface area contributed by atoms with Crippen LogP contribution in [0.1, 0.15) is 18.1 Å². The normalized spacial score (nSPS) is 10.6. The highest BCUT2D eigenvalue weighted by atomic mass is 19.3. The Morgan fingerprint density at radius 3 is 2.71 bits per heavy atom. The summed E-state index contributed by atoms with van der Waals surface area (Å²) < 4.78 is 34.1. The van der Waals surface area contributed by atoms with Gasteiger partial charge in [-0.2, -0.15) is 0 Å². The minimum Gasteiger partial charge on any atom is -0.494 e. The lowest BCUT2D eigenvalue weighted by molar-refractivity contribution is 0.00975. The van der Waals surface area contributed by atoms with Crippen LogP contribution >= 0.6 is 0 Å². The molecule has 2 nitrogen and oxygen atoms in total. The molecule has 0 amide bonds. The largest absolute Gasteiger partial charge is 0.494 e. The Hall–Kier alpha value is -1.42. The molecule has 0 saturated carbocycles. The summed E-state index contributed by atoms with van der Waals surface area (Å²) in [7, 11) is 0. The third-order valence-electron chi connectivity index (χ3n) is 2.14. The molecule has 1 rings (SSSR count). The monoisotopic (exact) mass is 242 g/mol. The van der Waals surface area contributed by atoms with E-state index in [1.807, 2.05) is 31.2 Å². The smallest absolute Gasteiger partial charge is 0.261 e. The maximum absolute atomic E-state index is 12.0. The van der Waals surface area contributed by atoms with Crippen LogP contribution in [0.2, 0.25) is 0 Å². The summed E-state index contributed by atoms with van der Waals surface area (Å²) in [6, 6.07) is 7.31. The van der Waals surface area contributed by atoms with Crippen LogP contribution in [0.25, 0.3) is 5.76 Å². The van der Waals surface area contributed by atoms with Gasteiger partial charge in [-0.15, -0.1) is 0 Å². The molecule has 0 spiro atoms. The van der Waals surface area contributed by atoms with Gasteiger partial charge >= 0.3 is 0 Å². The van der Waals surface area contributed by atoms with E-state index in [1.165, 1.54) is 0 Å². The first-order chi connectivity index (χ1) is 8.15. The highest BCUT2D eigenvalue weighted by Crippen LogP contribution is 2.19. The quantitative estimate of drug-likeness (QED) is 0.681. The first-order valence-corrected chi connectivity index (χ1v) is 5.41. The van der Waals surface area contributed by atoms with Crippen molar-refractivity contribution in [1.29, 1.82) is 0 Å². The minimum atomic E-state index is -2.45. The third kappa shape index (κ3) is 4.53. The Kier molecular flexibility index (Phi) is 5.63. The van der Waals surface area contributed by atoms with E-state index in [-0.39, 0.29) is 6.61 Å².